The highest BCUT2D eigenvalue weighted by atomic mass is 32.2. The predicted octanol–water partition coefficient (Wildman–Crippen LogP) is 2.87. The minimum Gasteiger partial charge on any atom is -0.496 e. The lowest BCUT2D eigenvalue weighted by atomic mass is 10.1. The molecular formula is C16H17N3O2S. The third-order valence-electron chi connectivity index (χ3n) is 3.52. The number of ether oxygens (including phenoxy) is 1. The molecule has 3 rings (SSSR count). The molecule has 5 nitrogen and oxygen atoms in total. The van der Waals surface area contributed by atoms with E-state index in [0.717, 1.165) is 28.3 Å². The van der Waals surface area contributed by atoms with Crippen molar-refractivity contribution in [2.24, 2.45) is 0 Å². The zero-order chi connectivity index (χ0) is 15.7. The number of H-pyrrole nitrogens is 1. The first-order chi connectivity index (χ1) is 10.7. The standard InChI is InChI=1S/C16H17N3O2S/c1-10-15(12-6-4-5-7-13(12)21-2)16-17-11(9-22-3)8-14(20)19(16)18-10/h4-8,18H,9H2,1-3H3. The van der Waals surface area contributed by atoms with E-state index < -0.39 is 0 Å². The van der Waals surface area contributed by atoms with Crippen LogP contribution in [0.5, 0.6) is 5.75 Å². The molecule has 0 amide bonds. The third-order valence-corrected chi connectivity index (χ3v) is 4.10. The summed E-state index contributed by atoms with van der Waals surface area (Å²) in [5, 5.41) is 3.09. The van der Waals surface area contributed by atoms with Gasteiger partial charge in [-0.3, -0.25) is 9.89 Å². The molecule has 0 bridgehead atoms. The van der Waals surface area contributed by atoms with Gasteiger partial charge in [-0.15, -0.1) is 0 Å². The molecule has 3 aromatic rings. The molecule has 1 aromatic carbocycles. The molecule has 6 heteroatoms. The van der Waals surface area contributed by atoms with E-state index in [9.17, 15) is 4.79 Å². The molecule has 0 saturated heterocycles. The molecule has 2 aromatic heterocycles. The summed E-state index contributed by atoms with van der Waals surface area (Å²) in [5.74, 6) is 1.47. The fourth-order valence-corrected chi connectivity index (χ4v) is 3.04. The number of rotatable bonds is 4. The minimum atomic E-state index is -0.0988. The Morgan fingerprint density at radius 1 is 1.36 bits per heavy atom. The summed E-state index contributed by atoms with van der Waals surface area (Å²) in [4.78, 5) is 16.9. The highest BCUT2D eigenvalue weighted by Crippen LogP contribution is 2.34. The van der Waals surface area contributed by atoms with Crippen LogP contribution in [-0.4, -0.2) is 28.0 Å². The van der Waals surface area contributed by atoms with Crippen molar-refractivity contribution >= 4 is 17.4 Å². The Bertz CT molecular complexity index is 883. The molecular weight excluding hydrogens is 298 g/mol. The zero-order valence-corrected chi connectivity index (χ0v) is 13.5. The van der Waals surface area contributed by atoms with E-state index in [1.54, 1.807) is 24.9 Å². The Morgan fingerprint density at radius 3 is 2.86 bits per heavy atom. The molecule has 1 N–H and O–H groups in total. The predicted molar refractivity (Wildman–Crippen MR) is 89.8 cm³/mol. The second-order valence-corrected chi connectivity index (χ2v) is 5.86. The minimum absolute atomic E-state index is 0.0988. The summed E-state index contributed by atoms with van der Waals surface area (Å²) in [7, 11) is 1.64. The highest BCUT2D eigenvalue weighted by molar-refractivity contribution is 7.97. The van der Waals surface area contributed by atoms with Gasteiger partial charge in [-0.1, -0.05) is 18.2 Å². The van der Waals surface area contributed by atoms with E-state index >= 15 is 0 Å². The van der Waals surface area contributed by atoms with Crippen molar-refractivity contribution in [3.05, 3.63) is 52.1 Å². The number of nitrogens with one attached hydrogen (secondary N) is 1. The van der Waals surface area contributed by atoms with Gasteiger partial charge in [-0.2, -0.15) is 11.8 Å². The maximum Gasteiger partial charge on any atom is 0.272 e. The average molecular weight is 315 g/mol. The van der Waals surface area contributed by atoms with Crippen molar-refractivity contribution in [2.45, 2.75) is 12.7 Å². The summed E-state index contributed by atoms with van der Waals surface area (Å²) in [6.45, 7) is 1.93. The van der Waals surface area contributed by atoms with E-state index in [0.29, 0.717) is 11.4 Å². The number of para-hydroxylation sites is 1. The molecule has 2 heterocycles. The molecule has 0 unspecified atom stereocenters. The number of thioether (sulfide) groups is 1. The van der Waals surface area contributed by atoms with Crippen LogP contribution < -0.4 is 10.3 Å². The molecule has 0 aliphatic carbocycles. The van der Waals surface area contributed by atoms with Crippen LogP contribution in [0.2, 0.25) is 0 Å². The third kappa shape index (κ3) is 2.39. The first kappa shape index (κ1) is 14.7. The summed E-state index contributed by atoms with van der Waals surface area (Å²) in [6, 6.07) is 9.33. The molecule has 22 heavy (non-hydrogen) atoms. The molecule has 0 aliphatic heterocycles. The largest absolute Gasteiger partial charge is 0.496 e. The number of aromatic amines is 1. The smallest absolute Gasteiger partial charge is 0.272 e. The van der Waals surface area contributed by atoms with E-state index in [4.69, 9.17) is 4.74 Å². The van der Waals surface area contributed by atoms with Crippen LogP contribution in [0.15, 0.2) is 35.1 Å². The van der Waals surface area contributed by atoms with Gasteiger partial charge >= 0.3 is 0 Å². The highest BCUT2D eigenvalue weighted by Gasteiger charge is 2.17. The van der Waals surface area contributed by atoms with Crippen molar-refractivity contribution in [2.75, 3.05) is 13.4 Å². The summed E-state index contributed by atoms with van der Waals surface area (Å²) in [5.41, 5.74) is 4.03. The Kier molecular flexibility index (Phi) is 3.94. The summed E-state index contributed by atoms with van der Waals surface area (Å²) in [6.07, 6.45) is 1.99. The van der Waals surface area contributed by atoms with Crippen LogP contribution in [0.3, 0.4) is 0 Å². The Balaban J connectivity index is 2.33. The van der Waals surface area contributed by atoms with E-state index in [1.165, 1.54) is 4.52 Å². The van der Waals surface area contributed by atoms with Crippen molar-refractivity contribution < 1.29 is 4.74 Å². The first-order valence-electron chi connectivity index (χ1n) is 6.89. The SMILES string of the molecule is COc1ccccc1-c1c(C)[nH]n2c(=O)cc(CSC)nc12. The Morgan fingerprint density at radius 2 is 2.14 bits per heavy atom. The number of fused-ring (bicyclic) bond motifs is 1. The molecule has 0 aliphatic rings. The summed E-state index contributed by atoms with van der Waals surface area (Å²) < 4.78 is 6.93. The number of hydrogen-bond acceptors (Lipinski definition) is 4. The molecule has 0 atom stereocenters. The number of methoxy groups -OCH3 is 1. The molecule has 0 radical (unpaired) electrons. The van der Waals surface area contributed by atoms with Gasteiger partial charge < -0.3 is 4.74 Å². The Hall–Kier alpha value is -2.21. The van der Waals surface area contributed by atoms with Gasteiger partial charge in [-0.25, -0.2) is 9.50 Å². The van der Waals surface area contributed by atoms with Gasteiger partial charge in [0, 0.05) is 23.1 Å². The van der Waals surface area contributed by atoms with E-state index in [-0.39, 0.29) is 5.56 Å². The normalized spacial score (nSPS) is 11.0. The first-order valence-corrected chi connectivity index (χ1v) is 8.28. The number of benzene rings is 1. The van der Waals surface area contributed by atoms with Gasteiger partial charge in [0.2, 0.25) is 0 Å². The van der Waals surface area contributed by atoms with Gasteiger partial charge in [0.25, 0.3) is 5.56 Å². The monoisotopic (exact) mass is 315 g/mol. The van der Waals surface area contributed by atoms with Gasteiger partial charge in [0.05, 0.1) is 18.4 Å². The van der Waals surface area contributed by atoms with Crippen molar-refractivity contribution in [3.63, 3.8) is 0 Å². The van der Waals surface area contributed by atoms with Gasteiger partial charge in [-0.05, 0) is 19.2 Å². The van der Waals surface area contributed by atoms with Crippen LogP contribution in [0.1, 0.15) is 11.4 Å². The molecule has 0 saturated carbocycles. The Labute approximate surface area is 132 Å². The summed E-state index contributed by atoms with van der Waals surface area (Å²) >= 11 is 1.64. The van der Waals surface area contributed by atoms with Crippen molar-refractivity contribution in [3.8, 4) is 16.9 Å². The van der Waals surface area contributed by atoms with Crippen LogP contribution in [0, 0.1) is 6.92 Å². The lowest BCUT2D eigenvalue weighted by Gasteiger charge is -2.08. The average Bonchev–Trinajstić information content (AvgIpc) is 2.84. The topological polar surface area (TPSA) is 59.4 Å². The van der Waals surface area contributed by atoms with Gasteiger partial charge in [0.15, 0.2) is 5.65 Å². The number of hydrogen-bond donors (Lipinski definition) is 1. The number of aryl methyl sites for hydroxylation is 1. The lowest BCUT2D eigenvalue weighted by molar-refractivity contribution is 0.416. The maximum atomic E-state index is 12.3. The van der Waals surface area contributed by atoms with Gasteiger partial charge in [0.1, 0.15) is 5.75 Å². The van der Waals surface area contributed by atoms with E-state index in [2.05, 4.69) is 10.1 Å². The van der Waals surface area contributed by atoms with E-state index in [1.807, 2.05) is 37.4 Å². The van der Waals surface area contributed by atoms with Crippen molar-refractivity contribution in [1.82, 2.24) is 14.6 Å². The molecule has 0 spiro atoms. The zero-order valence-electron chi connectivity index (χ0n) is 12.7. The fraction of sp³-hybridized carbons (Fsp3) is 0.250. The van der Waals surface area contributed by atoms with Crippen molar-refractivity contribution in [1.29, 1.82) is 0 Å². The number of nitrogens with zero attached hydrogens (tertiary/aromatic N) is 2. The van der Waals surface area contributed by atoms with Crippen LogP contribution in [0.4, 0.5) is 0 Å². The fourth-order valence-electron chi connectivity index (χ4n) is 2.59. The lowest BCUT2D eigenvalue weighted by Crippen LogP contribution is -2.15. The second-order valence-electron chi connectivity index (χ2n) is 4.99. The maximum absolute atomic E-state index is 12.3. The number of aromatic nitrogens is 3. The molecule has 0 fully saturated rings. The molecule has 114 valence electrons. The van der Waals surface area contributed by atoms with Crippen LogP contribution in [0.25, 0.3) is 16.8 Å². The second kappa shape index (κ2) is 5.88. The quantitative estimate of drug-likeness (QED) is 0.804. The van der Waals surface area contributed by atoms with Crippen LogP contribution in [-0.2, 0) is 5.75 Å². The van der Waals surface area contributed by atoms with Crippen LogP contribution >= 0.6 is 11.8 Å².